The third-order valence-electron chi connectivity index (χ3n) is 6.97. The predicted molar refractivity (Wildman–Crippen MR) is 159 cm³/mol. The number of ether oxygens (including phenoxy) is 4. The molecule has 1 aliphatic rings. The second-order valence-corrected chi connectivity index (χ2v) is 11.5. The molecule has 1 saturated heterocycles. The highest BCUT2D eigenvalue weighted by Crippen LogP contribution is 2.41. The number of carbonyl (C=O) groups excluding carboxylic acids is 1. The number of aliphatic hydroxyl groups is 3. The predicted octanol–water partition coefficient (Wildman–Crippen LogP) is 3.67. The largest absolute Gasteiger partial charge is 0.495 e. The number of nitrogens with zero attached hydrogens (tertiary/aromatic N) is 2. The Kier molecular flexibility index (Phi) is 9.84. The average Bonchev–Trinajstić information content (AvgIpc) is 3.70. The molecule has 15 heteroatoms. The SMILES string of the molecule is CCOC(C(=O)c1ccc(-c2cc(OC)c(Cl)c(O[C@H]3O[C@H](C(=O)O)[C@@H](O)[C@H](O)[C@H]3O)c2)o1)c1ccc(-c2nnc(C)s2)cc1. The van der Waals surface area contributed by atoms with E-state index >= 15 is 0 Å². The lowest BCUT2D eigenvalue weighted by molar-refractivity contribution is -0.271. The second-order valence-electron chi connectivity index (χ2n) is 9.96. The van der Waals surface area contributed by atoms with E-state index in [0.29, 0.717) is 11.1 Å². The number of Topliss-reactive ketones (excluding diaryl/α,β-unsaturated/α-hetero) is 1. The molecule has 0 radical (unpaired) electrons. The molecule has 5 rings (SSSR count). The van der Waals surface area contributed by atoms with Crippen LogP contribution >= 0.6 is 22.9 Å². The Morgan fingerprint density at radius 2 is 1.71 bits per heavy atom. The molecule has 1 aliphatic heterocycles. The van der Waals surface area contributed by atoms with Gasteiger partial charge in [0.05, 0.1) is 7.11 Å². The zero-order valence-electron chi connectivity index (χ0n) is 24.1. The minimum atomic E-state index is -1.90. The van der Waals surface area contributed by atoms with Gasteiger partial charge in [0.2, 0.25) is 12.1 Å². The van der Waals surface area contributed by atoms with Gasteiger partial charge in [-0.15, -0.1) is 10.2 Å². The van der Waals surface area contributed by atoms with Crippen LogP contribution in [0.1, 0.15) is 34.2 Å². The van der Waals surface area contributed by atoms with Crippen molar-refractivity contribution in [1.29, 1.82) is 0 Å². The second kappa shape index (κ2) is 13.6. The summed E-state index contributed by atoms with van der Waals surface area (Å²) >= 11 is 7.89. The number of aryl methyl sites for hydroxylation is 1. The fraction of sp³-hybridized carbons (Fsp3) is 0.333. The van der Waals surface area contributed by atoms with Crippen LogP contribution in [0, 0.1) is 6.92 Å². The Bertz CT molecular complexity index is 1670. The lowest BCUT2D eigenvalue weighted by Crippen LogP contribution is -2.61. The molecule has 13 nitrogen and oxygen atoms in total. The molecule has 1 unspecified atom stereocenters. The van der Waals surface area contributed by atoms with Crippen molar-refractivity contribution in [3.63, 3.8) is 0 Å². The Labute approximate surface area is 265 Å². The van der Waals surface area contributed by atoms with Crippen LogP contribution in [0.4, 0.5) is 0 Å². The quantitative estimate of drug-likeness (QED) is 0.171. The Balaban J connectivity index is 1.40. The summed E-state index contributed by atoms with van der Waals surface area (Å²) in [5, 5.41) is 49.6. The minimum Gasteiger partial charge on any atom is -0.495 e. The zero-order valence-corrected chi connectivity index (χ0v) is 25.7. The van der Waals surface area contributed by atoms with Crippen molar-refractivity contribution in [3.05, 3.63) is 69.9 Å². The molecule has 0 spiro atoms. The fourth-order valence-corrected chi connectivity index (χ4v) is 5.61. The number of aliphatic carboxylic acids is 1. The first-order valence-electron chi connectivity index (χ1n) is 13.7. The Morgan fingerprint density at radius 1 is 1.00 bits per heavy atom. The van der Waals surface area contributed by atoms with Crippen molar-refractivity contribution in [2.45, 2.75) is 50.7 Å². The van der Waals surface area contributed by atoms with E-state index in [0.717, 1.165) is 15.6 Å². The summed E-state index contributed by atoms with van der Waals surface area (Å²) in [5.41, 5.74) is 1.82. The van der Waals surface area contributed by atoms with Gasteiger partial charge in [-0.3, -0.25) is 4.79 Å². The van der Waals surface area contributed by atoms with Gasteiger partial charge in [-0.2, -0.15) is 0 Å². The summed E-state index contributed by atoms with van der Waals surface area (Å²) in [6.07, 6.45) is -10.1. The molecule has 2 aromatic carbocycles. The van der Waals surface area contributed by atoms with E-state index in [9.17, 15) is 30.0 Å². The number of furan rings is 1. The maximum atomic E-state index is 13.6. The summed E-state index contributed by atoms with van der Waals surface area (Å²) in [5.74, 6) is -1.76. The van der Waals surface area contributed by atoms with Gasteiger partial charge in [-0.1, -0.05) is 47.2 Å². The Hall–Kier alpha value is -3.89. The fourth-order valence-electron chi connectivity index (χ4n) is 4.68. The van der Waals surface area contributed by atoms with Crippen LogP contribution in [-0.2, 0) is 14.3 Å². The van der Waals surface area contributed by atoms with Gasteiger partial charge < -0.3 is 43.8 Å². The van der Waals surface area contributed by atoms with Gasteiger partial charge in [-0.05, 0) is 43.7 Å². The number of ketones is 1. The first kappa shape index (κ1) is 32.5. The van der Waals surface area contributed by atoms with E-state index < -0.39 is 48.6 Å². The number of aromatic nitrogens is 2. The minimum absolute atomic E-state index is 0.0103. The molecule has 45 heavy (non-hydrogen) atoms. The summed E-state index contributed by atoms with van der Waals surface area (Å²) in [7, 11) is 1.35. The van der Waals surface area contributed by atoms with Gasteiger partial charge in [0.15, 0.2) is 11.9 Å². The average molecular weight is 661 g/mol. The number of carboxylic acid groups (broad SMARTS) is 1. The number of carboxylic acids is 1. The Morgan fingerprint density at radius 3 is 2.33 bits per heavy atom. The third kappa shape index (κ3) is 6.72. The van der Waals surface area contributed by atoms with Crippen LogP contribution in [0.25, 0.3) is 21.9 Å². The molecular formula is C30H29ClN2O11S. The first-order chi connectivity index (χ1) is 21.5. The van der Waals surface area contributed by atoms with Crippen LogP contribution in [0.15, 0.2) is 52.9 Å². The van der Waals surface area contributed by atoms with E-state index in [2.05, 4.69) is 10.2 Å². The van der Waals surface area contributed by atoms with Crippen molar-refractivity contribution in [1.82, 2.24) is 10.2 Å². The van der Waals surface area contributed by atoms with Crippen LogP contribution in [-0.4, -0.2) is 86.8 Å². The number of carbonyl (C=O) groups is 2. The molecule has 0 aliphatic carbocycles. The van der Waals surface area contributed by atoms with Crippen molar-refractivity contribution in [2.24, 2.45) is 0 Å². The van der Waals surface area contributed by atoms with Gasteiger partial charge >= 0.3 is 5.97 Å². The van der Waals surface area contributed by atoms with E-state index in [4.69, 9.17) is 35.0 Å². The van der Waals surface area contributed by atoms with E-state index in [1.54, 1.807) is 25.1 Å². The molecule has 1 fully saturated rings. The number of rotatable bonds is 11. The van der Waals surface area contributed by atoms with Crippen LogP contribution in [0.5, 0.6) is 11.5 Å². The molecule has 238 valence electrons. The number of halogens is 1. The molecule has 2 aromatic heterocycles. The summed E-state index contributed by atoms with van der Waals surface area (Å²) in [4.78, 5) is 25.1. The number of methoxy groups -OCH3 is 1. The normalized spacial score (nSPS) is 22.2. The highest BCUT2D eigenvalue weighted by Gasteiger charge is 2.48. The smallest absolute Gasteiger partial charge is 0.335 e. The van der Waals surface area contributed by atoms with Gasteiger partial charge in [0.25, 0.3) is 0 Å². The number of benzene rings is 2. The van der Waals surface area contributed by atoms with Gasteiger partial charge in [0, 0.05) is 17.7 Å². The van der Waals surface area contributed by atoms with Gasteiger partial charge in [0.1, 0.15) is 56.7 Å². The monoisotopic (exact) mass is 660 g/mol. The topological polar surface area (TPSA) is 191 Å². The van der Waals surface area contributed by atoms with Crippen molar-refractivity contribution >= 4 is 34.7 Å². The molecule has 3 heterocycles. The number of hydrogen-bond acceptors (Lipinski definition) is 13. The number of aliphatic hydroxyl groups excluding tert-OH is 3. The maximum Gasteiger partial charge on any atom is 0.335 e. The van der Waals surface area contributed by atoms with Crippen molar-refractivity contribution in [3.8, 4) is 33.4 Å². The van der Waals surface area contributed by atoms with Crippen molar-refractivity contribution in [2.75, 3.05) is 13.7 Å². The molecule has 6 atom stereocenters. The highest BCUT2D eigenvalue weighted by molar-refractivity contribution is 7.14. The lowest BCUT2D eigenvalue weighted by Gasteiger charge is -2.38. The third-order valence-corrected chi connectivity index (χ3v) is 8.23. The van der Waals surface area contributed by atoms with E-state index in [-0.39, 0.29) is 34.6 Å². The van der Waals surface area contributed by atoms with E-state index in [1.807, 2.05) is 19.1 Å². The molecule has 0 amide bonds. The van der Waals surface area contributed by atoms with Crippen LogP contribution < -0.4 is 9.47 Å². The summed E-state index contributed by atoms with van der Waals surface area (Å²) < 4.78 is 28.0. The van der Waals surface area contributed by atoms with Crippen LogP contribution in [0.2, 0.25) is 5.02 Å². The summed E-state index contributed by atoms with van der Waals surface area (Å²) in [6.45, 7) is 3.91. The number of hydrogen-bond donors (Lipinski definition) is 4. The molecule has 4 aromatic rings. The molecular weight excluding hydrogens is 632 g/mol. The van der Waals surface area contributed by atoms with Crippen molar-refractivity contribution < 1.29 is 53.4 Å². The maximum absolute atomic E-state index is 13.6. The van der Waals surface area contributed by atoms with Gasteiger partial charge in [-0.25, -0.2) is 4.79 Å². The summed E-state index contributed by atoms with van der Waals surface area (Å²) in [6, 6.07) is 13.2. The molecule has 0 bridgehead atoms. The molecule has 0 saturated carbocycles. The van der Waals surface area contributed by atoms with E-state index in [1.165, 1.54) is 36.6 Å². The highest BCUT2D eigenvalue weighted by atomic mass is 35.5. The lowest BCUT2D eigenvalue weighted by atomic mass is 9.99. The van der Waals surface area contributed by atoms with Crippen LogP contribution in [0.3, 0.4) is 0 Å². The molecule has 4 N–H and O–H groups in total. The first-order valence-corrected chi connectivity index (χ1v) is 14.8. The zero-order chi connectivity index (χ0) is 32.4. The standard InChI is InChI=1S/C30H29ClN2O11S/c1-4-41-26(14-5-7-15(8-6-14)28-33-32-13(2)45-28)22(34)18-10-9-17(42-18)16-11-19(40-3)21(31)20(12-16)43-30-25(37)23(35)24(36)27(44-30)29(38)39/h5-12,23-27,30,35-37H,4H2,1-3H3,(H,38,39)/t23-,24-,25+,26?,27-,30-/m0/s1.